The molecule has 0 saturated heterocycles. The molecule has 1 amide bonds. The molecule has 1 atom stereocenters. The van der Waals surface area contributed by atoms with Gasteiger partial charge in [0.05, 0.1) is 6.54 Å². The van der Waals surface area contributed by atoms with Gasteiger partial charge in [0.1, 0.15) is 5.82 Å². The zero-order valence-electron chi connectivity index (χ0n) is 15.5. The standard InChI is InChI=1S/C20H26FN3O/c1-13-7-6-8-14(2)20(13)23-19(25)12-22-15(3)17-10-9-16(21)11-18(17)24(4)5/h6-11,15,22H,12H2,1-5H3,(H,23,25)/t15-/m0/s1. The number of halogens is 1. The quantitative estimate of drug-likeness (QED) is 0.838. The molecule has 2 N–H and O–H groups in total. The van der Waals surface area contributed by atoms with Gasteiger partial charge < -0.3 is 15.5 Å². The number of carbonyl (C=O) groups excluding carboxylic acids is 1. The number of nitrogens with zero attached hydrogens (tertiary/aromatic N) is 1. The van der Waals surface area contributed by atoms with Crippen LogP contribution in [0.1, 0.15) is 29.7 Å². The average Bonchev–Trinajstić information content (AvgIpc) is 2.56. The summed E-state index contributed by atoms with van der Waals surface area (Å²) >= 11 is 0. The fourth-order valence-electron chi connectivity index (χ4n) is 2.82. The molecule has 5 heteroatoms. The first-order chi connectivity index (χ1) is 11.8. The summed E-state index contributed by atoms with van der Waals surface area (Å²) in [4.78, 5) is 14.1. The Bertz CT molecular complexity index is 738. The molecule has 0 bridgehead atoms. The van der Waals surface area contributed by atoms with Gasteiger partial charge in [0.2, 0.25) is 5.91 Å². The molecule has 4 nitrogen and oxygen atoms in total. The Morgan fingerprint density at radius 3 is 2.40 bits per heavy atom. The topological polar surface area (TPSA) is 44.4 Å². The SMILES string of the molecule is Cc1cccc(C)c1NC(=O)CN[C@@H](C)c1ccc(F)cc1N(C)C. The van der Waals surface area contributed by atoms with Crippen molar-refractivity contribution in [1.29, 1.82) is 0 Å². The van der Waals surface area contributed by atoms with Crippen LogP contribution in [0.5, 0.6) is 0 Å². The van der Waals surface area contributed by atoms with E-state index in [1.165, 1.54) is 12.1 Å². The second-order valence-corrected chi connectivity index (χ2v) is 6.52. The first-order valence-corrected chi connectivity index (χ1v) is 8.35. The molecular weight excluding hydrogens is 317 g/mol. The molecule has 0 saturated carbocycles. The van der Waals surface area contributed by atoms with Crippen molar-refractivity contribution in [3.63, 3.8) is 0 Å². The first-order valence-electron chi connectivity index (χ1n) is 8.35. The van der Waals surface area contributed by atoms with Crippen molar-refractivity contribution in [2.75, 3.05) is 30.9 Å². The number of amides is 1. The van der Waals surface area contributed by atoms with Gasteiger partial charge in [-0.15, -0.1) is 0 Å². The zero-order valence-corrected chi connectivity index (χ0v) is 15.5. The Morgan fingerprint density at radius 1 is 1.16 bits per heavy atom. The van der Waals surface area contributed by atoms with Gasteiger partial charge in [-0.2, -0.15) is 0 Å². The van der Waals surface area contributed by atoms with Crippen molar-refractivity contribution in [2.45, 2.75) is 26.8 Å². The van der Waals surface area contributed by atoms with Crippen LogP contribution in [0.2, 0.25) is 0 Å². The highest BCUT2D eigenvalue weighted by Crippen LogP contribution is 2.26. The molecular formula is C20H26FN3O. The van der Waals surface area contributed by atoms with E-state index in [4.69, 9.17) is 0 Å². The van der Waals surface area contributed by atoms with Crippen LogP contribution in [-0.2, 0) is 4.79 Å². The molecule has 0 spiro atoms. The maximum Gasteiger partial charge on any atom is 0.238 e. The van der Waals surface area contributed by atoms with E-state index in [2.05, 4.69) is 10.6 Å². The third-order valence-electron chi connectivity index (χ3n) is 4.26. The lowest BCUT2D eigenvalue weighted by Crippen LogP contribution is -2.31. The molecule has 0 aliphatic rings. The van der Waals surface area contributed by atoms with Crippen LogP contribution in [0.25, 0.3) is 0 Å². The monoisotopic (exact) mass is 343 g/mol. The minimum absolute atomic E-state index is 0.0817. The van der Waals surface area contributed by atoms with Gasteiger partial charge in [0, 0.05) is 31.5 Å². The van der Waals surface area contributed by atoms with Crippen molar-refractivity contribution in [2.24, 2.45) is 0 Å². The molecule has 0 radical (unpaired) electrons. The van der Waals surface area contributed by atoms with E-state index in [1.807, 2.05) is 58.0 Å². The summed E-state index contributed by atoms with van der Waals surface area (Å²) in [6.07, 6.45) is 0. The Labute approximate surface area is 149 Å². The van der Waals surface area contributed by atoms with E-state index < -0.39 is 0 Å². The van der Waals surface area contributed by atoms with Gasteiger partial charge in [-0.3, -0.25) is 4.79 Å². The Kier molecular flexibility index (Phi) is 6.15. The van der Waals surface area contributed by atoms with E-state index in [-0.39, 0.29) is 24.3 Å². The molecule has 2 aromatic rings. The molecule has 25 heavy (non-hydrogen) atoms. The number of nitrogens with one attached hydrogen (secondary N) is 2. The van der Waals surface area contributed by atoms with Crippen LogP contribution in [0.4, 0.5) is 15.8 Å². The van der Waals surface area contributed by atoms with E-state index in [1.54, 1.807) is 6.07 Å². The van der Waals surface area contributed by atoms with Gasteiger partial charge in [-0.05, 0) is 49.6 Å². The molecule has 0 heterocycles. The van der Waals surface area contributed by atoms with Crippen LogP contribution < -0.4 is 15.5 Å². The highest BCUT2D eigenvalue weighted by molar-refractivity contribution is 5.93. The normalized spacial score (nSPS) is 11.9. The van der Waals surface area contributed by atoms with E-state index in [0.29, 0.717) is 0 Å². The van der Waals surface area contributed by atoms with Crippen molar-refractivity contribution in [1.82, 2.24) is 5.32 Å². The predicted molar refractivity (Wildman–Crippen MR) is 102 cm³/mol. The summed E-state index contributed by atoms with van der Waals surface area (Å²) in [5, 5.41) is 6.17. The number of hydrogen-bond donors (Lipinski definition) is 2. The molecule has 134 valence electrons. The minimum atomic E-state index is -0.271. The smallest absolute Gasteiger partial charge is 0.238 e. The summed E-state index contributed by atoms with van der Waals surface area (Å²) in [5.41, 5.74) is 4.68. The Balaban J connectivity index is 2.03. The fourth-order valence-corrected chi connectivity index (χ4v) is 2.82. The fraction of sp³-hybridized carbons (Fsp3) is 0.350. The maximum atomic E-state index is 13.5. The number of carbonyl (C=O) groups is 1. The molecule has 0 aromatic heterocycles. The summed E-state index contributed by atoms with van der Waals surface area (Å²) in [7, 11) is 3.75. The van der Waals surface area contributed by atoms with Gasteiger partial charge >= 0.3 is 0 Å². The molecule has 0 aliphatic heterocycles. The highest BCUT2D eigenvalue weighted by Gasteiger charge is 2.14. The summed E-state index contributed by atoms with van der Waals surface area (Å²) < 4.78 is 13.5. The lowest BCUT2D eigenvalue weighted by molar-refractivity contribution is -0.115. The summed E-state index contributed by atoms with van der Waals surface area (Å²) in [6, 6.07) is 10.5. The van der Waals surface area contributed by atoms with Crippen LogP contribution in [-0.4, -0.2) is 26.5 Å². The number of anilines is 2. The highest BCUT2D eigenvalue weighted by atomic mass is 19.1. The molecule has 0 fully saturated rings. The molecule has 2 rings (SSSR count). The number of hydrogen-bond acceptors (Lipinski definition) is 3. The van der Waals surface area contributed by atoms with Crippen LogP contribution in [0.3, 0.4) is 0 Å². The molecule has 0 aliphatic carbocycles. The second-order valence-electron chi connectivity index (χ2n) is 6.52. The van der Waals surface area contributed by atoms with Gasteiger partial charge in [-0.1, -0.05) is 24.3 Å². The van der Waals surface area contributed by atoms with Gasteiger partial charge in [0.25, 0.3) is 0 Å². The third kappa shape index (κ3) is 4.79. The lowest BCUT2D eigenvalue weighted by atomic mass is 10.1. The van der Waals surface area contributed by atoms with E-state index in [0.717, 1.165) is 28.1 Å². The third-order valence-corrected chi connectivity index (χ3v) is 4.26. The average molecular weight is 343 g/mol. The van der Waals surface area contributed by atoms with Crippen molar-refractivity contribution < 1.29 is 9.18 Å². The minimum Gasteiger partial charge on any atom is -0.377 e. The molecule has 0 unspecified atom stereocenters. The largest absolute Gasteiger partial charge is 0.377 e. The second kappa shape index (κ2) is 8.12. The molecule has 2 aromatic carbocycles. The van der Waals surface area contributed by atoms with Crippen molar-refractivity contribution in [3.05, 3.63) is 58.9 Å². The lowest BCUT2D eigenvalue weighted by Gasteiger charge is -2.22. The number of para-hydroxylation sites is 1. The summed E-state index contributed by atoms with van der Waals surface area (Å²) in [5.74, 6) is -0.370. The first kappa shape index (κ1) is 18.9. The van der Waals surface area contributed by atoms with Gasteiger partial charge in [-0.25, -0.2) is 4.39 Å². The van der Waals surface area contributed by atoms with E-state index in [9.17, 15) is 9.18 Å². The maximum absolute atomic E-state index is 13.5. The van der Waals surface area contributed by atoms with Crippen molar-refractivity contribution in [3.8, 4) is 0 Å². The Morgan fingerprint density at radius 2 is 1.80 bits per heavy atom. The predicted octanol–water partition coefficient (Wildman–Crippen LogP) is 3.80. The van der Waals surface area contributed by atoms with Crippen LogP contribution in [0.15, 0.2) is 36.4 Å². The number of rotatable bonds is 6. The number of benzene rings is 2. The summed E-state index contributed by atoms with van der Waals surface area (Å²) in [6.45, 7) is 6.09. The van der Waals surface area contributed by atoms with Crippen molar-refractivity contribution >= 4 is 17.3 Å². The van der Waals surface area contributed by atoms with E-state index >= 15 is 0 Å². The Hall–Kier alpha value is -2.40. The number of aryl methyl sites for hydroxylation is 2. The van der Waals surface area contributed by atoms with Crippen LogP contribution in [0, 0.1) is 19.7 Å². The van der Waals surface area contributed by atoms with Crippen LogP contribution >= 0.6 is 0 Å². The van der Waals surface area contributed by atoms with Gasteiger partial charge in [0.15, 0.2) is 0 Å². The zero-order chi connectivity index (χ0) is 18.6.